The summed E-state index contributed by atoms with van der Waals surface area (Å²) >= 11 is 0. The predicted molar refractivity (Wildman–Crippen MR) is 73.2 cm³/mol. The molecule has 1 heterocycles. The molecular weight excluding hydrogens is 222 g/mol. The molecule has 1 fully saturated rings. The van der Waals surface area contributed by atoms with Gasteiger partial charge in [0.25, 0.3) is 0 Å². The summed E-state index contributed by atoms with van der Waals surface area (Å²) in [6, 6.07) is 9.49. The fourth-order valence-electron chi connectivity index (χ4n) is 2.15. The van der Waals surface area contributed by atoms with Gasteiger partial charge in [-0.25, -0.2) is 4.98 Å². The van der Waals surface area contributed by atoms with E-state index in [1.165, 1.54) is 24.0 Å². The summed E-state index contributed by atoms with van der Waals surface area (Å²) in [6.45, 7) is 4.08. The van der Waals surface area contributed by atoms with Crippen LogP contribution in [0.15, 0.2) is 36.7 Å². The van der Waals surface area contributed by atoms with Crippen LogP contribution in [0.2, 0.25) is 0 Å². The van der Waals surface area contributed by atoms with E-state index in [1.54, 1.807) is 0 Å². The highest BCUT2D eigenvalue weighted by molar-refractivity contribution is 5.56. The third-order valence-corrected chi connectivity index (χ3v) is 3.44. The Hall–Kier alpha value is -1.61. The minimum Gasteiger partial charge on any atom is -0.331 e. The van der Waals surface area contributed by atoms with Crippen LogP contribution >= 0.6 is 0 Å². The van der Waals surface area contributed by atoms with Gasteiger partial charge < -0.3 is 9.88 Å². The van der Waals surface area contributed by atoms with Gasteiger partial charge in [-0.05, 0) is 25.3 Å². The Morgan fingerprint density at radius 1 is 1.28 bits per heavy atom. The van der Waals surface area contributed by atoms with Gasteiger partial charge in [-0.3, -0.25) is 0 Å². The Balaban J connectivity index is 1.73. The predicted octanol–water partition coefficient (Wildman–Crippen LogP) is 2.82. The van der Waals surface area contributed by atoms with Gasteiger partial charge in [-0.1, -0.05) is 24.3 Å². The molecular formula is C15H19N3. The molecule has 1 N–H and O–H groups in total. The smallest absolute Gasteiger partial charge is 0.139 e. The second-order valence-electron chi connectivity index (χ2n) is 4.89. The lowest BCUT2D eigenvalue weighted by atomic mass is 10.1. The third kappa shape index (κ3) is 2.46. The first-order valence-corrected chi connectivity index (χ1v) is 6.70. The van der Waals surface area contributed by atoms with Gasteiger partial charge in [0.05, 0.1) is 0 Å². The number of rotatable bonds is 5. The van der Waals surface area contributed by atoms with Gasteiger partial charge in [0.2, 0.25) is 0 Å². The fraction of sp³-hybridized carbons (Fsp3) is 0.400. The molecule has 3 nitrogen and oxygen atoms in total. The average molecular weight is 241 g/mol. The van der Waals surface area contributed by atoms with E-state index in [2.05, 4.69) is 46.1 Å². The Morgan fingerprint density at radius 2 is 2.06 bits per heavy atom. The number of hydrogen-bond donors (Lipinski definition) is 1. The number of imidazole rings is 1. The van der Waals surface area contributed by atoms with E-state index in [0.29, 0.717) is 0 Å². The van der Waals surface area contributed by atoms with E-state index in [0.717, 1.165) is 25.0 Å². The molecule has 0 bridgehead atoms. The first-order chi connectivity index (χ1) is 8.86. The van der Waals surface area contributed by atoms with Gasteiger partial charge in [0, 0.05) is 37.1 Å². The van der Waals surface area contributed by atoms with Crippen molar-refractivity contribution in [3.05, 3.63) is 42.2 Å². The van der Waals surface area contributed by atoms with Gasteiger partial charge >= 0.3 is 0 Å². The quantitative estimate of drug-likeness (QED) is 0.872. The van der Waals surface area contributed by atoms with Crippen molar-refractivity contribution >= 4 is 0 Å². The van der Waals surface area contributed by atoms with Crippen molar-refractivity contribution in [1.29, 1.82) is 0 Å². The topological polar surface area (TPSA) is 29.9 Å². The maximum Gasteiger partial charge on any atom is 0.139 e. The number of aryl methyl sites for hydroxylation is 1. The van der Waals surface area contributed by atoms with Gasteiger partial charge in [0.15, 0.2) is 0 Å². The molecule has 3 rings (SSSR count). The Morgan fingerprint density at radius 3 is 2.72 bits per heavy atom. The number of hydrogen-bond acceptors (Lipinski definition) is 2. The van der Waals surface area contributed by atoms with Crippen molar-refractivity contribution in [3.63, 3.8) is 0 Å². The second-order valence-corrected chi connectivity index (χ2v) is 4.89. The zero-order chi connectivity index (χ0) is 12.4. The number of aromatic nitrogens is 2. The molecule has 0 spiro atoms. The summed E-state index contributed by atoms with van der Waals surface area (Å²) in [5.74, 6) is 1.05. The molecule has 18 heavy (non-hydrogen) atoms. The zero-order valence-corrected chi connectivity index (χ0v) is 10.8. The van der Waals surface area contributed by atoms with Crippen LogP contribution in [0.5, 0.6) is 0 Å². The van der Waals surface area contributed by atoms with Crippen LogP contribution in [-0.4, -0.2) is 15.6 Å². The van der Waals surface area contributed by atoms with E-state index >= 15 is 0 Å². The fourth-order valence-corrected chi connectivity index (χ4v) is 2.15. The van der Waals surface area contributed by atoms with E-state index < -0.39 is 0 Å². The van der Waals surface area contributed by atoms with Gasteiger partial charge in [-0.15, -0.1) is 0 Å². The van der Waals surface area contributed by atoms with Crippen LogP contribution in [0.1, 0.15) is 25.3 Å². The molecule has 0 aliphatic heterocycles. The molecule has 2 aromatic rings. The minimum atomic E-state index is 0.767. The van der Waals surface area contributed by atoms with Crippen molar-refractivity contribution in [2.75, 3.05) is 0 Å². The summed E-state index contributed by atoms with van der Waals surface area (Å²) in [4.78, 5) is 4.42. The average Bonchev–Trinajstić information content (AvgIpc) is 3.12. The molecule has 0 radical (unpaired) electrons. The van der Waals surface area contributed by atoms with Crippen molar-refractivity contribution < 1.29 is 0 Å². The van der Waals surface area contributed by atoms with E-state index in [4.69, 9.17) is 0 Å². The molecule has 0 saturated heterocycles. The summed E-state index contributed by atoms with van der Waals surface area (Å²) in [7, 11) is 0. The molecule has 0 unspecified atom stereocenters. The first-order valence-electron chi connectivity index (χ1n) is 6.70. The molecule has 1 aromatic carbocycles. The van der Waals surface area contributed by atoms with Gasteiger partial charge in [-0.2, -0.15) is 0 Å². The number of nitrogens with one attached hydrogen (secondary N) is 1. The highest BCUT2D eigenvalue weighted by atomic mass is 15.1. The molecule has 1 aliphatic carbocycles. The lowest BCUT2D eigenvalue weighted by Gasteiger charge is -2.07. The first kappa shape index (κ1) is 11.5. The molecule has 94 valence electrons. The summed E-state index contributed by atoms with van der Waals surface area (Å²) in [6.07, 6.45) is 6.57. The van der Waals surface area contributed by atoms with E-state index in [1.807, 2.05) is 12.4 Å². The zero-order valence-electron chi connectivity index (χ0n) is 10.8. The maximum absolute atomic E-state index is 4.42. The van der Waals surface area contributed by atoms with Crippen LogP contribution in [0.4, 0.5) is 0 Å². The van der Waals surface area contributed by atoms with Crippen LogP contribution in [0.25, 0.3) is 11.4 Å². The van der Waals surface area contributed by atoms with Crippen LogP contribution in [0, 0.1) is 0 Å². The van der Waals surface area contributed by atoms with Crippen LogP contribution in [-0.2, 0) is 13.1 Å². The number of benzene rings is 1. The summed E-state index contributed by atoms with van der Waals surface area (Å²) in [5, 5.41) is 3.53. The molecule has 1 aromatic heterocycles. The van der Waals surface area contributed by atoms with Crippen molar-refractivity contribution in [1.82, 2.24) is 14.9 Å². The van der Waals surface area contributed by atoms with Crippen LogP contribution in [0.3, 0.4) is 0 Å². The summed E-state index contributed by atoms with van der Waals surface area (Å²) in [5.41, 5.74) is 2.54. The monoisotopic (exact) mass is 241 g/mol. The van der Waals surface area contributed by atoms with E-state index in [-0.39, 0.29) is 0 Å². The SMILES string of the molecule is CCn1ccnc1-c1ccc(CNC2CC2)cc1. The molecule has 3 heteroatoms. The van der Waals surface area contributed by atoms with Gasteiger partial charge in [0.1, 0.15) is 5.82 Å². The number of nitrogens with zero attached hydrogens (tertiary/aromatic N) is 2. The minimum absolute atomic E-state index is 0.767. The Labute approximate surface area is 108 Å². The van der Waals surface area contributed by atoms with E-state index in [9.17, 15) is 0 Å². The molecule has 1 saturated carbocycles. The lowest BCUT2D eigenvalue weighted by Crippen LogP contribution is -2.15. The van der Waals surface area contributed by atoms with Crippen LogP contribution < -0.4 is 5.32 Å². The Bertz CT molecular complexity index is 509. The highest BCUT2D eigenvalue weighted by Gasteiger charge is 2.19. The Kier molecular flexibility index (Phi) is 3.15. The van der Waals surface area contributed by atoms with Crippen molar-refractivity contribution in [2.24, 2.45) is 0 Å². The standard InChI is InChI=1S/C15H19N3/c1-2-18-10-9-16-15(18)13-5-3-12(4-6-13)11-17-14-7-8-14/h3-6,9-10,14,17H,2,7-8,11H2,1H3. The second kappa shape index (κ2) is 4.94. The van der Waals surface area contributed by atoms with Crippen molar-refractivity contribution in [3.8, 4) is 11.4 Å². The highest BCUT2D eigenvalue weighted by Crippen LogP contribution is 2.21. The normalized spacial score (nSPS) is 14.9. The molecule has 1 aliphatic rings. The maximum atomic E-state index is 4.42. The molecule has 0 atom stereocenters. The summed E-state index contributed by atoms with van der Waals surface area (Å²) < 4.78 is 2.16. The molecule has 0 amide bonds. The lowest BCUT2D eigenvalue weighted by molar-refractivity contribution is 0.688. The third-order valence-electron chi connectivity index (χ3n) is 3.44. The largest absolute Gasteiger partial charge is 0.331 e. The van der Waals surface area contributed by atoms with Crippen molar-refractivity contribution in [2.45, 2.75) is 38.9 Å².